The van der Waals surface area contributed by atoms with E-state index in [1.807, 2.05) is 37.2 Å². The lowest BCUT2D eigenvalue weighted by molar-refractivity contribution is 0.367. The van der Waals surface area contributed by atoms with Crippen molar-refractivity contribution in [3.63, 3.8) is 0 Å². The molecule has 6 nitrogen and oxygen atoms in total. The van der Waals surface area contributed by atoms with Crippen molar-refractivity contribution in [3.05, 3.63) is 30.6 Å². The van der Waals surface area contributed by atoms with E-state index in [0.29, 0.717) is 5.82 Å². The van der Waals surface area contributed by atoms with E-state index in [0.717, 1.165) is 27.8 Å². The lowest BCUT2D eigenvalue weighted by atomic mass is 9.66. The third kappa shape index (κ3) is 2.86. The highest BCUT2D eigenvalue weighted by Gasteiger charge is 2.23. The number of nitrogen functional groups attached to an aromatic ring is 1. The van der Waals surface area contributed by atoms with Crippen LogP contribution in [0.15, 0.2) is 30.6 Å². The summed E-state index contributed by atoms with van der Waals surface area (Å²) in [6.07, 6.45) is 1.48. The molecular weight excluding hydrogens is 287 g/mol. The van der Waals surface area contributed by atoms with Gasteiger partial charge in [-0.2, -0.15) is 5.10 Å². The molecule has 1 radical (unpaired) electrons. The number of benzene rings is 1. The monoisotopic (exact) mass is 307 g/mol. The molecule has 0 amide bonds. The molecule has 2 heterocycles. The predicted molar refractivity (Wildman–Crippen MR) is 95.7 cm³/mol. The van der Waals surface area contributed by atoms with Gasteiger partial charge in [0.1, 0.15) is 12.1 Å². The molecule has 0 saturated carbocycles. The molecule has 0 aliphatic heterocycles. The largest absolute Gasteiger partial charge is 0.388 e. The Bertz CT molecular complexity index is 849. The van der Waals surface area contributed by atoms with Gasteiger partial charge in [0, 0.05) is 18.3 Å². The number of nitrogens with one attached hydrogen (secondary N) is 1. The lowest BCUT2D eigenvalue weighted by Gasteiger charge is -2.19. The van der Waals surface area contributed by atoms with Gasteiger partial charge in [0.25, 0.3) is 0 Å². The third-order valence-electron chi connectivity index (χ3n) is 3.64. The third-order valence-corrected chi connectivity index (χ3v) is 3.64. The first-order chi connectivity index (χ1) is 10.9. The van der Waals surface area contributed by atoms with E-state index in [9.17, 15) is 0 Å². The van der Waals surface area contributed by atoms with Crippen molar-refractivity contribution in [1.29, 1.82) is 0 Å². The standard InChI is InChI=1S/C16H20BN6/c1-16(2,3)23-15-12(14(18)20-9-21-15)13(22-23)17-10-6-5-7-11(8-10)19-4/h5-9,19H,1-4H3,(H2,18,20,21). The maximum absolute atomic E-state index is 6.09. The van der Waals surface area contributed by atoms with Crippen LogP contribution in [0, 0.1) is 0 Å². The highest BCUT2D eigenvalue weighted by atomic mass is 15.3. The van der Waals surface area contributed by atoms with E-state index in [1.54, 1.807) is 0 Å². The fraction of sp³-hybridized carbons (Fsp3) is 0.312. The molecule has 0 unspecified atom stereocenters. The molecule has 0 bridgehead atoms. The summed E-state index contributed by atoms with van der Waals surface area (Å²) in [5.41, 5.74) is 9.51. The first-order valence-corrected chi connectivity index (χ1v) is 7.52. The Kier molecular flexibility index (Phi) is 3.71. The van der Waals surface area contributed by atoms with E-state index in [-0.39, 0.29) is 5.54 Å². The van der Waals surface area contributed by atoms with Crippen molar-refractivity contribution in [2.45, 2.75) is 26.3 Å². The Morgan fingerprint density at radius 1 is 1.22 bits per heavy atom. The molecule has 23 heavy (non-hydrogen) atoms. The SMILES string of the molecule is CNc1cccc([B]c2nn(C(C)(C)C)c3ncnc(N)c23)c1. The van der Waals surface area contributed by atoms with Crippen molar-refractivity contribution in [2.24, 2.45) is 0 Å². The molecule has 3 aromatic rings. The van der Waals surface area contributed by atoms with Gasteiger partial charge in [0.15, 0.2) is 5.65 Å². The van der Waals surface area contributed by atoms with Gasteiger partial charge in [0.2, 0.25) is 7.28 Å². The van der Waals surface area contributed by atoms with Crippen LogP contribution in [0.4, 0.5) is 11.5 Å². The smallest absolute Gasteiger partial charge is 0.220 e. The Morgan fingerprint density at radius 3 is 2.70 bits per heavy atom. The van der Waals surface area contributed by atoms with Crippen molar-refractivity contribution >= 4 is 40.9 Å². The Balaban J connectivity index is 2.13. The minimum absolute atomic E-state index is 0.196. The molecule has 0 aliphatic carbocycles. The fourth-order valence-corrected chi connectivity index (χ4v) is 2.51. The van der Waals surface area contributed by atoms with E-state index in [1.165, 1.54) is 6.33 Å². The number of nitrogens with zero attached hydrogens (tertiary/aromatic N) is 4. The van der Waals surface area contributed by atoms with Crippen LogP contribution >= 0.6 is 0 Å². The summed E-state index contributed by atoms with van der Waals surface area (Å²) < 4.78 is 1.90. The molecule has 0 spiro atoms. The molecule has 0 saturated heterocycles. The summed E-state index contributed by atoms with van der Waals surface area (Å²) in [6, 6.07) is 8.10. The zero-order valence-electron chi connectivity index (χ0n) is 13.8. The van der Waals surface area contributed by atoms with Crippen LogP contribution in [0.2, 0.25) is 0 Å². The lowest BCUT2D eigenvalue weighted by Crippen LogP contribution is -2.31. The molecular formula is C16H20BN6. The Morgan fingerprint density at radius 2 is 2.00 bits per heavy atom. The zero-order valence-corrected chi connectivity index (χ0v) is 13.8. The topological polar surface area (TPSA) is 81.7 Å². The highest BCUT2D eigenvalue weighted by Crippen LogP contribution is 2.21. The quantitative estimate of drug-likeness (QED) is 0.701. The molecule has 0 fully saturated rings. The number of fused-ring (bicyclic) bond motifs is 1. The molecule has 1 aromatic carbocycles. The molecule has 3 N–H and O–H groups in total. The number of anilines is 2. The summed E-state index contributed by atoms with van der Waals surface area (Å²) in [7, 11) is 3.90. The second-order valence-corrected chi connectivity index (χ2v) is 6.45. The van der Waals surface area contributed by atoms with Gasteiger partial charge in [-0.05, 0) is 32.9 Å². The maximum atomic E-state index is 6.09. The van der Waals surface area contributed by atoms with Gasteiger partial charge in [-0.15, -0.1) is 0 Å². The maximum Gasteiger partial charge on any atom is 0.220 e. The average molecular weight is 307 g/mol. The minimum atomic E-state index is -0.196. The molecule has 0 atom stereocenters. The number of hydrogen-bond donors (Lipinski definition) is 2. The number of nitrogens with two attached hydrogens (primary N) is 1. The molecule has 7 heteroatoms. The minimum Gasteiger partial charge on any atom is -0.388 e. The first kappa shape index (κ1) is 15.3. The van der Waals surface area contributed by atoms with Gasteiger partial charge in [-0.25, -0.2) is 14.6 Å². The van der Waals surface area contributed by atoms with Gasteiger partial charge in [-0.3, -0.25) is 0 Å². The van der Waals surface area contributed by atoms with E-state index < -0.39 is 0 Å². The number of aromatic nitrogens is 4. The van der Waals surface area contributed by atoms with Crippen LogP contribution in [-0.2, 0) is 5.54 Å². The average Bonchev–Trinajstić information content (AvgIpc) is 2.88. The number of rotatable bonds is 3. The van der Waals surface area contributed by atoms with Crippen LogP contribution in [0.1, 0.15) is 20.8 Å². The Hall–Kier alpha value is -2.57. The molecule has 3 rings (SSSR count). The van der Waals surface area contributed by atoms with E-state index in [2.05, 4.69) is 42.1 Å². The van der Waals surface area contributed by atoms with Crippen molar-refractivity contribution < 1.29 is 0 Å². The number of hydrogen-bond acceptors (Lipinski definition) is 5. The molecule has 117 valence electrons. The molecule has 0 aliphatic rings. The summed E-state index contributed by atoms with van der Waals surface area (Å²) in [6.45, 7) is 6.26. The second-order valence-electron chi connectivity index (χ2n) is 6.45. The molecule has 2 aromatic heterocycles. The zero-order chi connectivity index (χ0) is 16.6. The van der Waals surface area contributed by atoms with Gasteiger partial charge in [0.05, 0.1) is 10.9 Å². The van der Waals surface area contributed by atoms with Crippen molar-refractivity contribution in [1.82, 2.24) is 19.7 Å². The second kappa shape index (κ2) is 5.57. The summed E-state index contributed by atoms with van der Waals surface area (Å²) in [4.78, 5) is 8.50. The Labute approximate surface area is 136 Å². The normalized spacial score (nSPS) is 11.7. The van der Waals surface area contributed by atoms with Crippen LogP contribution in [0.5, 0.6) is 0 Å². The van der Waals surface area contributed by atoms with Crippen LogP contribution in [-0.4, -0.2) is 34.1 Å². The van der Waals surface area contributed by atoms with Gasteiger partial charge < -0.3 is 11.1 Å². The predicted octanol–water partition coefficient (Wildman–Crippen LogP) is 0.860. The highest BCUT2D eigenvalue weighted by molar-refractivity contribution is 6.69. The van der Waals surface area contributed by atoms with Crippen molar-refractivity contribution in [2.75, 3.05) is 18.1 Å². The van der Waals surface area contributed by atoms with Crippen LogP contribution in [0.3, 0.4) is 0 Å². The van der Waals surface area contributed by atoms with Gasteiger partial charge in [-0.1, -0.05) is 17.6 Å². The summed E-state index contributed by atoms with van der Waals surface area (Å²) in [5, 5.41) is 8.66. The summed E-state index contributed by atoms with van der Waals surface area (Å²) >= 11 is 0. The van der Waals surface area contributed by atoms with Gasteiger partial charge >= 0.3 is 0 Å². The van der Waals surface area contributed by atoms with Crippen molar-refractivity contribution in [3.8, 4) is 0 Å². The fourth-order valence-electron chi connectivity index (χ4n) is 2.51. The van der Waals surface area contributed by atoms with E-state index in [4.69, 9.17) is 10.8 Å². The van der Waals surface area contributed by atoms with Crippen LogP contribution < -0.4 is 22.1 Å². The van der Waals surface area contributed by atoms with E-state index >= 15 is 0 Å². The summed E-state index contributed by atoms with van der Waals surface area (Å²) in [5.74, 6) is 0.446. The van der Waals surface area contributed by atoms with Crippen LogP contribution in [0.25, 0.3) is 11.0 Å². The first-order valence-electron chi connectivity index (χ1n) is 7.52.